The van der Waals surface area contributed by atoms with Gasteiger partial charge in [0.05, 0.1) is 5.60 Å². The molecule has 2 heterocycles. The van der Waals surface area contributed by atoms with Crippen LogP contribution >= 0.6 is 0 Å². The quantitative estimate of drug-likeness (QED) is 0.817. The number of carbonyl (C=O) groups excluding carboxylic acids is 1. The molecule has 2 aliphatic rings. The number of nitrogens with one attached hydrogen (secondary N) is 1. The summed E-state index contributed by atoms with van der Waals surface area (Å²) in [5.41, 5.74) is -1.13. The number of aliphatic hydroxyl groups is 1. The van der Waals surface area contributed by atoms with Gasteiger partial charge in [-0.15, -0.1) is 0 Å². The number of nitrogens with zero attached hydrogens (tertiary/aromatic N) is 1. The molecule has 0 spiro atoms. The van der Waals surface area contributed by atoms with Crippen molar-refractivity contribution in [2.75, 3.05) is 32.8 Å². The number of ether oxygens (including phenoxy) is 2. The Morgan fingerprint density at radius 3 is 2.71 bits per heavy atom. The smallest absolute Gasteiger partial charge is 0.410 e. The molecule has 21 heavy (non-hydrogen) atoms. The summed E-state index contributed by atoms with van der Waals surface area (Å²) in [6.45, 7) is 8.75. The fourth-order valence-electron chi connectivity index (χ4n) is 2.68. The van der Waals surface area contributed by atoms with Gasteiger partial charge in [0.25, 0.3) is 0 Å². The molecule has 2 N–H and O–H groups in total. The van der Waals surface area contributed by atoms with Crippen LogP contribution in [0.1, 0.15) is 40.0 Å². The van der Waals surface area contributed by atoms with Crippen molar-refractivity contribution in [1.29, 1.82) is 0 Å². The van der Waals surface area contributed by atoms with Crippen molar-refractivity contribution in [3.05, 3.63) is 0 Å². The van der Waals surface area contributed by atoms with Gasteiger partial charge in [-0.05, 0) is 27.2 Å². The standard InChI is InChI=1S/C15H28N2O4/c1-14(2,3)21-13(18)17-7-4-12(10-17)16-11-15(19)5-8-20-9-6-15/h12,16,19H,4-11H2,1-3H3. The zero-order valence-corrected chi connectivity index (χ0v) is 13.4. The van der Waals surface area contributed by atoms with Crippen LogP contribution in [0.3, 0.4) is 0 Å². The number of amides is 1. The summed E-state index contributed by atoms with van der Waals surface area (Å²) in [5.74, 6) is 0. The fraction of sp³-hybridized carbons (Fsp3) is 0.933. The first-order valence-electron chi connectivity index (χ1n) is 7.79. The Balaban J connectivity index is 1.74. The van der Waals surface area contributed by atoms with Gasteiger partial charge in [0.2, 0.25) is 0 Å². The first-order valence-corrected chi connectivity index (χ1v) is 7.79. The number of carbonyl (C=O) groups is 1. The van der Waals surface area contributed by atoms with E-state index in [0.29, 0.717) is 45.7 Å². The molecule has 0 aromatic rings. The van der Waals surface area contributed by atoms with E-state index in [1.165, 1.54) is 0 Å². The molecule has 1 unspecified atom stereocenters. The van der Waals surface area contributed by atoms with Gasteiger partial charge in [-0.3, -0.25) is 0 Å². The van der Waals surface area contributed by atoms with Crippen LogP contribution in [0.5, 0.6) is 0 Å². The van der Waals surface area contributed by atoms with Gasteiger partial charge in [0.1, 0.15) is 5.60 Å². The van der Waals surface area contributed by atoms with E-state index in [-0.39, 0.29) is 12.1 Å². The van der Waals surface area contributed by atoms with Gasteiger partial charge in [-0.2, -0.15) is 0 Å². The summed E-state index contributed by atoms with van der Waals surface area (Å²) in [6.07, 6.45) is 1.98. The van der Waals surface area contributed by atoms with E-state index in [2.05, 4.69) is 5.32 Å². The highest BCUT2D eigenvalue weighted by atomic mass is 16.6. The van der Waals surface area contributed by atoms with Crippen molar-refractivity contribution in [2.45, 2.75) is 57.3 Å². The number of likely N-dealkylation sites (tertiary alicyclic amines) is 1. The molecule has 0 bridgehead atoms. The number of hydrogen-bond donors (Lipinski definition) is 2. The summed E-state index contributed by atoms with van der Waals surface area (Å²) in [5, 5.41) is 13.8. The third kappa shape index (κ3) is 5.13. The Bertz CT molecular complexity index is 361. The van der Waals surface area contributed by atoms with Crippen LogP contribution in [0.15, 0.2) is 0 Å². The monoisotopic (exact) mass is 300 g/mol. The minimum Gasteiger partial charge on any atom is -0.444 e. The van der Waals surface area contributed by atoms with Crippen molar-refractivity contribution >= 4 is 6.09 Å². The summed E-state index contributed by atoms with van der Waals surface area (Å²) in [6, 6.07) is 0.226. The molecule has 2 aliphatic heterocycles. The molecule has 2 rings (SSSR count). The lowest BCUT2D eigenvalue weighted by molar-refractivity contribution is -0.0626. The highest BCUT2D eigenvalue weighted by molar-refractivity contribution is 5.68. The molecule has 2 saturated heterocycles. The normalized spacial score (nSPS) is 25.9. The molecule has 0 aromatic carbocycles. The third-order valence-electron chi connectivity index (χ3n) is 3.98. The van der Waals surface area contributed by atoms with Crippen molar-refractivity contribution in [1.82, 2.24) is 10.2 Å². The Hall–Kier alpha value is -0.850. The molecule has 0 radical (unpaired) electrons. The molecule has 2 fully saturated rings. The summed E-state index contributed by atoms with van der Waals surface area (Å²) in [7, 11) is 0. The molecule has 122 valence electrons. The van der Waals surface area contributed by atoms with Crippen molar-refractivity contribution in [3.63, 3.8) is 0 Å². The average molecular weight is 300 g/mol. The second-order valence-electron chi connectivity index (χ2n) is 7.13. The Labute approximate surface area is 126 Å². The molecular weight excluding hydrogens is 272 g/mol. The predicted molar refractivity (Wildman–Crippen MR) is 79.2 cm³/mol. The van der Waals surface area contributed by atoms with Crippen LogP contribution in [0.25, 0.3) is 0 Å². The summed E-state index contributed by atoms with van der Waals surface area (Å²) in [4.78, 5) is 13.7. The topological polar surface area (TPSA) is 71.0 Å². The minimum atomic E-state index is -0.669. The molecule has 0 saturated carbocycles. The second-order valence-corrected chi connectivity index (χ2v) is 7.13. The van der Waals surface area contributed by atoms with Gasteiger partial charge >= 0.3 is 6.09 Å². The average Bonchev–Trinajstić information content (AvgIpc) is 2.84. The first kappa shape index (κ1) is 16.5. The van der Waals surface area contributed by atoms with Crippen molar-refractivity contribution in [2.24, 2.45) is 0 Å². The first-order chi connectivity index (χ1) is 9.77. The van der Waals surface area contributed by atoms with E-state index in [0.717, 1.165) is 6.42 Å². The van der Waals surface area contributed by atoms with Crippen LogP contribution in [-0.2, 0) is 9.47 Å². The lowest BCUT2D eigenvalue weighted by Gasteiger charge is -2.33. The van der Waals surface area contributed by atoms with E-state index in [9.17, 15) is 9.90 Å². The molecule has 1 atom stereocenters. The summed E-state index contributed by atoms with van der Waals surface area (Å²) >= 11 is 0. The maximum absolute atomic E-state index is 12.0. The van der Waals surface area contributed by atoms with Crippen LogP contribution in [0, 0.1) is 0 Å². The molecule has 0 aliphatic carbocycles. The van der Waals surface area contributed by atoms with Crippen LogP contribution in [-0.4, -0.2) is 66.2 Å². The zero-order chi connectivity index (χ0) is 15.5. The molecule has 6 heteroatoms. The third-order valence-corrected chi connectivity index (χ3v) is 3.98. The fourth-order valence-corrected chi connectivity index (χ4v) is 2.68. The van der Waals surface area contributed by atoms with Gasteiger partial charge in [0, 0.05) is 51.7 Å². The lowest BCUT2D eigenvalue weighted by atomic mass is 9.94. The van der Waals surface area contributed by atoms with E-state index in [4.69, 9.17) is 9.47 Å². The molecule has 1 amide bonds. The largest absolute Gasteiger partial charge is 0.444 e. The zero-order valence-electron chi connectivity index (χ0n) is 13.4. The molecule has 6 nitrogen and oxygen atoms in total. The summed E-state index contributed by atoms with van der Waals surface area (Å²) < 4.78 is 10.7. The van der Waals surface area contributed by atoms with Crippen LogP contribution in [0.2, 0.25) is 0 Å². The molecular formula is C15H28N2O4. The highest BCUT2D eigenvalue weighted by Crippen LogP contribution is 2.21. The van der Waals surface area contributed by atoms with Gasteiger partial charge in [-0.25, -0.2) is 4.79 Å². The van der Waals surface area contributed by atoms with E-state index in [1.54, 1.807) is 4.90 Å². The van der Waals surface area contributed by atoms with E-state index < -0.39 is 11.2 Å². The number of rotatable bonds is 3. The van der Waals surface area contributed by atoms with Crippen molar-refractivity contribution < 1.29 is 19.4 Å². The van der Waals surface area contributed by atoms with Gasteiger partial charge in [0.15, 0.2) is 0 Å². The van der Waals surface area contributed by atoms with E-state index >= 15 is 0 Å². The minimum absolute atomic E-state index is 0.226. The highest BCUT2D eigenvalue weighted by Gasteiger charge is 2.33. The number of hydrogen-bond acceptors (Lipinski definition) is 5. The van der Waals surface area contributed by atoms with Crippen LogP contribution in [0.4, 0.5) is 4.79 Å². The predicted octanol–water partition coefficient (Wildman–Crippen LogP) is 1.13. The Morgan fingerprint density at radius 2 is 2.10 bits per heavy atom. The SMILES string of the molecule is CC(C)(C)OC(=O)N1CCC(NCC2(O)CCOCC2)C1. The Morgan fingerprint density at radius 1 is 1.43 bits per heavy atom. The van der Waals surface area contributed by atoms with Crippen molar-refractivity contribution in [3.8, 4) is 0 Å². The molecule has 0 aromatic heterocycles. The van der Waals surface area contributed by atoms with Crippen LogP contribution < -0.4 is 5.32 Å². The van der Waals surface area contributed by atoms with Gasteiger partial charge < -0.3 is 24.8 Å². The lowest BCUT2D eigenvalue weighted by Crippen LogP contribution is -2.48. The maximum Gasteiger partial charge on any atom is 0.410 e. The maximum atomic E-state index is 12.0. The van der Waals surface area contributed by atoms with E-state index in [1.807, 2.05) is 20.8 Å². The Kier molecular flexibility index (Phi) is 5.11. The second kappa shape index (κ2) is 6.50. The van der Waals surface area contributed by atoms with Gasteiger partial charge in [-0.1, -0.05) is 0 Å².